The van der Waals surface area contributed by atoms with Gasteiger partial charge in [-0.3, -0.25) is 14.5 Å². The fraction of sp³-hybridized carbons (Fsp3) is 0.491. The average molecular weight is 989 g/mol. The van der Waals surface area contributed by atoms with Crippen LogP contribution >= 0.6 is 0 Å². The number of hydrogen-bond acceptors (Lipinski definition) is 15. The number of aliphatic hydroxyl groups excluding tert-OH is 3. The predicted octanol–water partition coefficient (Wildman–Crippen LogP) is 4.62. The van der Waals surface area contributed by atoms with E-state index < -0.39 is 82.9 Å². The second-order valence-corrected chi connectivity index (χ2v) is 21.6. The number of cyclic esters (lactones) is 1. The molecule has 17 nitrogen and oxygen atoms in total. The van der Waals surface area contributed by atoms with Crippen molar-refractivity contribution in [2.24, 2.45) is 28.6 Å². The van der Waals surface area contributed by atoms with Gasteiger partial charge in [-0.05, 0) is 116 Å². The van der Waals surface area contributed by atoms with Crippen LogP contribution in [0.2, 0.25) is 0 Å². The number of carbonyl (C=O) groups is 3. The van der Waals surface area contributed by atoms with Gasteiger partial charge >= 0.3 is 11.9 Å². The molecule has 8 N–H and O–H groups in total. The zero-order valence-corrected chi connectivity index (χ0v) is 40.1. The molecule has 1 amide bonds. The van der Waals surface area contributed by atoms with Crippen molar-refractivity contribution < 1.29 is 68.8 Å². The van der Waals surface area contributed by atoms with Crippen LogP contribution in [0.5, 0.6) is 5.75 Å². The molecular formula is C55H60N2O15. The van der Waals surface area contributed by atoms with Gasteiger partial charge in [0.25, 0.3) is 5.91 Å². The van der Waals surface area contributed by atoms with Crippen LogP contribution in [0.15, 0.2) is 87.6 Å². The summed E-state index contributed by atoms with van der Waals surface area (Å²) in [6.07, 6.45) is -0.544. The number of phenolic OH excluding ortho intramolecular Hbond substituents is 1. The molecule has 0 radical (unpaired) electrons. The normalized spacial score (nSPS) is 34.6. The summed E-state index contributed by atoms with van der Waals surface area (Å²) in [4.78, 5) is 53.0. The Balaban J connectivity index is 0.764. The summed E-state index contributed by atoms with van der Waals surface area (Å²) in [7, 11) is 0. The number of aromatic carboxylic acids is 1. The highest BCUT2D eigenvalue weighted by atomic mass is 16.7. The lowest BCUT2D eigenvalue weighted by atomic mass is 9.40. The molecule has 17 heteroatoms. The standard InChI is InChI=1S/C55H60N2O15/c1-28-25-70-46(71-34-21-44(62)54(27-58)48-41(11-13-53(54,67)22-34)55(68)14-12-40(31-19-45(63)69-26-31)52(55,2)23-42(48)61)24-57(28)16-15-56-50(64)30-4-7-36(39(18-30)51(65)66)47-37-10-6-33(60)20-43(37)72-49-35-9-5-32(59)17-29(35)3-8-38(47)49/h3-10,17-20,28,34,40-42,44,46,48,58,60-62,67-68H,11-16,21-27H2,1-2H3,(H,56,64)(H,65,66)/t28?,34-,40+,41+,42+,44+,46?,48+,52+,53-,54+,55-/m0/s1. The van der Waals surface area contributed by atoms with Crippen LogP contribution in [-0.4, -0.2) is 140 Å². The van der Waals surface area contributed by atoms with Crippen LogP contribution in [-0.2, 0) is 19.0 Å². The molecule has 12 atom stereocenters. The van der Waals surface area contributed by atoms with E-state index in [9.17, 15) is 54.9 Å². The lowest BCUT2D eigenvalue weighted by Crippen LogP contribution is -2.76. The maximum Gasteiger partial charge on any atom is 0.336 e. The zero-order chi connectivity index (χ0) is 50.6. The van der Waals surface area contributed by atoms with Crippen molar-refractivity contribution in [2.45, 2.75) is 101 Å². The van der Waals surface area contributed by atoms with Gasteiger partial charge in [-0.1, -0.05) is 19.1 Å². The molecule has 72 heavy (non-hydrogen) atoms. The monoisotopic (exact) mass is 988 g/mol. The molecule has 0 bridgehead atoms. The van der Waals surface area contributed by atoms with Crippen LogP contribution < -0.4 is 10.7 Å². The molecule has 1 aromatic heterocycles. The van der Waals surface area contributed by atoms with Crippen LogP contribution in [0.3, 0.4) is 0 Å². The van der Waals surface area contributed by atoms with Gasteiger partial charge < -0.3 is 59.7 Å². The quantitative estimate of drug-likeness (QED) is 0.0539. The zero-order valence-electron chi connectivity index (χ0n) is 40.1. The van der Waals surface area contributed by atoms with E-state index in [1.807, 2.05) is 13.8 Å². The molecule has 4 aromatic carbocycles. The molecule has 11 rings (SSSR count). The summed E-state index contributed by atoms with van der Waals surface area (Å²) in [5.74, 6) is -3.77. The first-order valence-corrected chi connectivity index (χ1v) is 25.0. The summed E-state index contributed by atoms with van der Waals surface area (Å²) in [5, 5.41) is 87.0. The number of fused-ring (bicyclic) bond motifs is 9. The number of ether oxygens (including phenoxy) is 3. The number of nitrogens with one attached hydrogen (secondary N) is 1. The van der Waals surface area contributed by atoms with Crippen LogP contribution in [0.1, 0.15) is 79.5 Å². The number of hydrogen-bond donors (Lipinski definition) is 8. The van der Waals surface area contributed by atoms with Crippen LogP contribution in [0.25, 0.3) is 43.8 Å². The lowest BCUT2D eigenvalue weighted by molar-refractivity contribution is -0.327. The second kappa shape index (κ2) is 17.7. The van der Waals surface area contributed by atoms with Crippen LogP contribution in [0.4, 0.5) is 0 Å². The predicted molar refractivity (Wildman–Crippen MR) is 261 cm³/mol. The SMILES string of the molecule is CC1COC(O[C@H]2C[C@@H](O)[C@]3(CO)[C@H]4[C@H](O)C[C@]5(C)[C@@H](C6=CC(=O)OC6)CC[C@]5(O)[C@@H]4CC[C@]3(O)C2)CN1CCNC(=O)c1ccc(-c2c3ccc(O)cc3oc3c2ccc2cc(=O)ccc23)c(C(=O)O)c1. The van der Waals surface area contributed by atoms with E-state index >= 15 is 0 Å². The molecule has 5 aromatic rings. The van der Waals surface area contributed by atoms with Crippen molar-refractivity contribution in [3.05, 3.63) is 99.7 Å². The van der Waals surface area contributed by atoms with Crippen LogP contribution in [0, 0.1) is 28.6 Å². The van der Waals surface area contributed by atoms with E-state index in [0.29, 0.717) is 82.8 Å². The summed E-state index contributed by atoms with van der Waals surface area (Å²) >= 11 is 0. The highest BCUT2D eigenvalue weighted by Crippen LogP contribution is 2.71. The number of carboxylic acid groups (broad SMARTS) is 1. The maximum atomic E-state index is 13.7. The van der Waals surface area contributed by atoms with Crippen molar-refractivity contribution in [3.63, 3.8) is 0 Å². The number of benzene rings is 4. The van der Waals surface area contributed by atoms with Gasteiger partial charge in [-0.25, -0.2) is 9.59 Å². The number of nitrogens with zero attached hydrogens (tertiary/aromatic N) is 1. The summed E-state index contributed by atoms with van der Waals surface area (Å²) in [5.41, 5.74) is -3.13. The molecule has 2 unspecified atom stereocenters. The number of rotatable bonds is 10. The van der Waals surface area contributed by atoms with Gasteiger partial charge in [0.1, 0.15) is 23.5 Å². The fourth-order valence-corrected chi connectivity index (χ4v) is 14.6. The minimum absolute atomic E-state index is 0.0436. The van der Waals surface area contributed by atoms with Gasteiger partial charge in [0.05, 0.1) is 53.7 Å². The molecule has 4 aliphatic carbocycles. The van der Waals surface area contributed by atoms with Crippen molar-refractivity contribution >= 4 is 50.6 Å². The largest absolute Gasteiger partial charge is 0.508 e. The molecule has 3 heterocycles. The highest BCUT2D eigenvalue weighted by Gasteiger charge is 2.75. The lowest BCUT2D eigenvalue weighted by Gasteiger charge is -2.68. The number of morpholine rings is 1. The number of phenols is 1. The Kier molecular flexibility index (Phi) is 11.9. The van der Waals surface area contributed by atoms with E-state index in [-0.39, 0.29) is 73.1 Å². The Labute approximate surface area is 413 Å². The average Bonchev–Trinajstić information content (AvgIpc) is 3.89. The van der Waals surface area contributed by atoms with Crippen molar-refractivity contribution in [1.82, 2.24) is 10.2 Å². The van der Waals surface area contributed by atoms with Crippen molar-refractivity contribution in [3.8, 4) is 16.9 Å². The highest BCUT2D eigenvalue weighted by molar-refractivity contribution is 6.17. The second-order valence-electron chi connectivity index (χ2n) is 21.6. The third-order valence-corrected chi connectivity index (χ3v) is 18.0. The van der Waals surface area contributed by atoms with E-state index in [1.54, 1.807) is 36.4 Å². The van der Waals surface area contributed by atoms with Gasteiger partial charge in [-0.2, -0.15) is 0 Å². The fourth-order valence-electron chi connectivity index (χ4n) is 14.6. The molecule has 0 spiro atoms. The third-order valence-electron chi connectivity index (χ3n) is 18.0. The van der Waals surface area contributed by atoms with Gasteiger partial charge in [0.15, 0.2) is 11.7 Å². The first kappa shape index (κ1) is 48.5. The topological polar surface area (TPSA) is 266 Å². The van der Waals surface area contributed by atoms with E-state index in [0.717, 1.165) is 5.57 Å². The van der Waals surface area contributed by atoms with Gasteiger partial charge in [0.2, 0.25) is 0 Å². The molecule has 2 aliphatic heterocycles. The number of carboxylic acids is 1. The summed E-state index contributed by atoms with van der Waals surface area (Å²) in [6.45, 7) is 4.64. The van der Waals surface area contributed by atoms with Crippen molar-refractivity contribution in [2.75, 3.05) is 39.5 Å². The molecule has 6 aliphatic rings. The van der Waals surface area contributed by atoms with Gasteiger partial charge in [0, 0.05) is 89.3 Å². The molecule has 380 valence electrons. The molecule has 5 fully saturated rings. The molecule has 4 saturated carbocycles. The Bertz CT molecular complexity index is 3140. The Morgan fingerprint density at radius 3 is 2.50 bits per heavy atom. The molecule has 1 saturated heterocycles. The summed E-state index contributed by atoms with van der Waals surface area (Å²) in [6, 6.07) is 17.0. The number of aliphatic hydroxyl groups is 5. The van der Waals surface area contributed by atoms with E-state index in [4.69, 9.17) is 18.6 Å². The Morgan fingerprint density at radius 2 is 1.74 bits per heavy atom. The maximum absolute atomic E-state index is 13.7. The third kappa shape index (κ3) is 7.49. The number of esters is 1. The smallest absolute Gasteiger partial charge is 0.336 e. The Hall–Kier alpha value is -5.76. The van der Waals surface area contributed by atoms with E-state index in [1.165, 1.54) is 36.4 Å². The molecular weight excluding hydrogens is 929 g/mol. The van der Waals surface area contributed by atoms with Crippen molar-refractivity contribution in [1.29, 1.82) is 0 Å². The minimum atomic E-state index is -1.64. The first-order valence-electron chi connectivity index (χ1n) is 25.0. The van der Waals surface area contributed by atoms with E-state index in [2.05, 4.69) is 10.2 Å². The number of carbonyl (C=O) groups excluding carboxylic acids is 2. The Morgan fingerprint density at radius 1 is 0.944 bits per heavy atom. The number of aromatic hydroxyl groups is 1. The minimum Gasteiger partial charge on any atom is -0.508 e. The number of amides is 1. The summed E-state index contributed by atoms with van der Waals surface area (Å²) < 4.78 is 24.1. The van der Waals surface area contributed by atoms with Gasteiger partial charge in [-0.15, -0.1) is 0 Å². The first-order chi connectivity index (χ1) is 34.4.